The number of ether oxygens (including phenoxy) is 1. The Bertz CT molecular complexity index is 457. The fraction of sp³-hybridized carbons (Fsp3) is 0.385. The second kappa shape index (κ2) is 4.68. The lowest BCUT2D eigenvalue weighted by Crippen LogP contribution is -2.45. The van der Waals surface area contributed by atoms with Gasteiger partial charge in [0.1, 0.15) is 17.9 Å². The van der Waals surface area contributed by atoms with E-state index in [-0.39, 0.29) is 11.9 Å². The van der Waals surface area contributed by atoms with Crippen molar-refractivity contribution >= 4 is 11.9 Å². The van der Waals surface area contributed by atoms with Gasteiger partial charge in [0, 0.05) is 0 Å². The number of carbonyl (C=O) groups excluding carboxylic acids is 2. The van der Waals surface area contributed by atoms with Crippen molar-refractivity contribution in [3.05, 3.63) is 30.3 Å². The van der Waals surface area contributed by atoms with E-state index >= 15 is 0 Å². The molecule has 0 aliphatic carbocycles. The molecule has 1 aliphatic rings. The van der Waals surface area contributed by atoms with Crippen LogP contribution >= 0.6 is 0 Å². The molecule has 5 heteroatoms. The van der Waals surface area contributed by atoms with Crippen LogP contribution in [-0.2, 0) is 4.79 Å². The van der Waals surface area contributed by atoms with Crippen molar-refractivity contribution in [2.24, 2.45) is 0 Å². The molecule has 96 valence electrons. The molecule has 1 heterocycles. The first kappa shape index (κ1) is 12.4. The van der Waals surface area contributed by atoms with E-state index in [9.17, 15) is 9.59 Å². The number of amides is 3. The van der Waals surface area contributed by atoms with Gasteiger partial charge in [-0.15, -0.1) is 0 Å². The Labute approximate surface area is 106 Å². The van der Waals surface area contributed by atoms with Gasteiger partial charge in [-0.25, -0.2) is 4.79 Å². The Kier molecular flexibility index (Phi) is 3.23. The Balaban J connectivity index is 1.91. The Morgan fingerprint density at radius 1 is 1.22 bits per heavy atom. The van der Waals surface area contributed by atoms with Crippen LogP contribution in [0.15, 0.2) is 30.3 Å². The first-order valence-electron chi connectivity index (χ1n) is 5.83. The monoisotopic (exact) mass is 248 g/mol. The minimum Gasteiger partial charge on any atom is -0.492 e. The minimum absolute atomic E-state index is 0.271. The van der Waals surface area contributed by atoms with E-state index in [4.69, 9.17) is 4.74 Å². The predicted molar refractivity (Wildman–Crippen MR) is 66.3 cm³/mol. The molecule has 0 atom stereocenters. The molecule has 3 amide bonds. The van der Waals surface area contributed by atoms with Crippen LogP contribution < -0.4 is 10.1 Å². The van der Waals surface area contributed by atoms with Crippen molar-refractivity contribution in [3.8, 4) is 5.75 Å². The first-order valence-corrected chi connectivity index (χ1v) is 5.83. The topological polar surface area (TPSA) is 58.6 Å². The molecule has 1 fully saturated rings. The predicted octanol–water partition coefficient (Wildman–Crippen LogP) is 1.40. The van der Waals surface area contributed by atoms with Gasteiger partial charge in [0.15, 0.2) is 0 Å². The number of nitrogens with one attached hydrogen (secondary N) is 1. The third kappa shape index (κ3) is 2.30. The Morgan fingerprint density at radius 2 is 1.89 bits per heavy atom. The third-order valence-corrected chi connectivity index (χ3v) is 3.02. The maximum atomic E-state index is 11.6. The number of rotatable bonds is 4. The van der Waals surface area contributed by atoms with Crippen LogP contribution in [0.1, 0.15) is 13.8 Å². The summed E-state index contributed by atoms with van der Waals surface area (Å²) in [6.45, 7) is 4.17. The van der Waals surface area contributed by atoms with Gasteiger partial charge in [-0.05, 0) is 26.0 Å². The molecular weight excluding hydrogens is 232 g/mol. The number of hydrogen-bond donors (Lipinski definition) is 1. The fourth-order valence-corrected chi connectivity index (χ4v) is 1.85. The van der Waals surface area contributed by atoms with Gasteiger partial charge >= 0.3 is 6.03 Å². The molecule has 0 unspecified atom stereocenters. The summed E-state index contributed by atoms with van der Waals surface area (Å²) >= 11 is 0. The zero-order chi connectivity index (χ0) is 13.2. The third-order valence-electron chi connectivity index (χ3n) is 3.02. The Hall–Kier alpha value is -2.04. The maximum Gasteiger partial charge on any atom is 0.325 e. The van der Waals surface area contributed by atoms with Crippen molar-refractivity contribution < 1.29 is 14.3 Å². The van der Waals surface area contributed by atoms with Gasteiger partial charge in [0.05, 0.1) is 6.54 Å². The van der Waals surface area contributed by atoms with E-state index in [0.29, 0.717) is 13.2 Å². The molecule has 18 heavy (non-hydrogen) atoms. The highest BCUT2D eigenvalue weighted by Gasteiger charge is 2.45. The number of carbonyl (C=O) groups is 2. The number of hydrogen-bond acceptors (Lipinski definition) is 3. The first-order chi connectivity index (χ1) is 8.51. The standard InChI is InChI=1S/C13H16N2O3/c1-13(2)11(16)14-12(17)15(13)8-9-18-10-6-4-3-5-7-10/h3-7H,8-9H2,1-2H3,(H,14,16,17). The van der Waals surface area contributed by atoms with E-state index in [1.807, 2.05) is 30.3 Å². The van der Waals surface area contributed by atoms with Gasteiger partial charge in [0.2, 0.25) is 0 Å². The van der Waals surface area contributed by atoms with Gasteiger partial charge < -0.3 is 9.64 Å². The van der Waals surface area contributed by atoms with Crippen molar-refractivity contribution in [1.29, 1.82) is 0 Å². The lowest BCUT2D eigenvalue weighted by molar-refractivity contribution is -0.125. The highest BCUT2D eigenvalue weighted by molar-refractivity contribution is 6.06. The molecule has 2 rings (SSSR count). The normalized spacial score (nSPS) is 17.8. The van der Waals surface area contributed by atoms with E-state index in [1.165, 1.54) is 4.90 Å². The van der Waals surface area contributed by atoms with E-state index in [1.54, 1.807) is 13.8 Å². The molecule has 1 aliphatic heterocycles. The maximum absolute atomic E-state index is 11.6. The molecule has 5 nitrogen and oxygen atoms in total. The van der Waals surface area contributed by atoms with E-state index in [0.717, 1.165) is 5.75 Å². The Morgan fingerprint density at radius 3 is 2.44 bits per heavy atom. The van der Waals surface area contributed by atoms with Crippen LogP contribution in [0.3, 0.4) is 0 Å². The molecule has 0 saturated carbocycles. The number of para-hydroxylation sites is 1. The van der Waals surface area contributed by atoms with E-state index < -0.39 is 5.54 Å². The van der Waals surface area contributed by atoms with Crippen LogP contribution in [0, 0.1) is 0 Å². The average Bonchev–Trinajstić information content (AvgIpc) is 2.53. The molecule has 1 aromatic rings. The summed E-state index contributed by atoms with van der Waals surface area (Å²) in [6, 6.07) is 9.00. The molecule has 1 aromatic carbocycles. The summed E-state index contributed by atoms with van der Waals surface area (Å²) in [5.74, 6) is 0.480. The summed E-state index contributed by atoms with van der Waals surface area (Å²) in [7, 11) is 0. The second-order valence-corrected chi connectivity index (χ2v) is 4.63. The highest BCUT2D eigenvalue weighted by atomic mass is 16.5. The summed E-state index contributed by atoms with van der Waals surface area (Å²) in [5.41, 5.74) is -0.808. The number of imide groups is 1. The molecule has 1 N–H and O–H groups in total. The summed E-state index contributed by atoms with van der Waals surface area (Å²) in [6.07, 6.45) is 0. The number of nitrogens with zero attached hydrogens (tertiary/aromatic N) is 1. The van der Waals surface area contributed by atoms with Crippen LogP contribution in [-0.4, -0.2) is 35.5 Å². The van der Waals surface area contributed by atoms with Crippen molar-refractivity contribution in [3.63, 3.8) is 0 Å². The molecule has 0 aromatic heterocycles. The minimum atomic E-state index is -0.808. The van der Waals surface area contributed by atoms with Crippen molar-refractivity contribution in [1.82, 2.24) is 10.2 Å². The fourth-order valence-electron chi connectivity index (χ4n) is 1.85. The average molecular weight is 248 g/mol. The van der Waals surface area contributed by atoms with Gasteiger partial charge in [-0.2, -0.15) is 0 Å². The SMILES string of the molecule is CC1(C)C(=O)NC(=O)N1CCOc1ccccc1. The molecule has 0 spiro atoms. The highest BCUT2D eigenvalue weighted by Crippen LogP contribution is 2.20. The zero-order valence-corrected chi connectivity index (χ0v) is 10.5. The van der Waals surface area contributed by atoms with Gasteiger partial charge in [-0.1, -0.05) is 18.2 Å². The van der Waals surface area contributed by atoms with Crippen LogP contribution in [0.2, 0.25) is 0 Å². The van der Waals surface area contributed by atoms with Crippen LogP contribution in [0.5, 0.6) is 5.75 Å². The van der Waals surface area contributed by atoms with E-state index in [2.05, 4.69) is 5.32 Å². The second-order valence-electron chi connectivity index (χ2n) is 4.63. The van der Waals surface area contributed by atoms with Crippen LogP contribution in [0.4, 0.5) is 4.79 Å². The lowest BCUT2D eigenvalue weighted by Gasteiger charge is -2.27. The largest absolute Gasteiger partial charge is 0.492 e. The summed E-state index contributed by atoms with van der Waals surface area (Å²) in [4.78, 5) is 24.6. The van der Waals surface area contributed by atoms with Crippen molar-refractivity contribution in [2.45, 2.75) is 19.4 Å². The van der Waals surface area contributed by atoms with Crippen LogP contribution in [0.25, 0.3) is 0 Å². The van der Waals surface area contributed by atoms with Gasteiger partial charge in [0.25, 0.3) is 5.91 Å². The zero-order valence-electron chi connectivity index (χ0n) is 10.5. The van der Waals surface area contributed by atoms with Gasteiger partial charge in [-0.3, -0.25) is 10.1 Å². The quantitative estimate of drug-likeness (QED) is 0.819. The molecule has 0 radical (unpaired) electrons. The number of urea groups is 1. The molecule has 1 saturated heterocycles. The molecular formula is C13H16N2O3. The smallest absolute Gasteiger partial charge is 0.325 e. The summed E-state index contributed by atoms with van der Waals surface area (Å²) in [5, 5.41) is 2.30. The summed E-state index contributed by atoms with van der Waals surface area (Å²) < 4.78 is 5.51. The lowest BCUT2D eigenvalue weighted by atomic mass is 10.1. The molecule has 0 bridgehead atoms. The van der Waals surface area contributed by atoms with Crippen molar-refractivity contribution in [2.75, 3.05) is 13.2 Å². The number of benzene rings is 1.